The molecule has 0 aliphatic heterocycles. The molecule has 0 aliphatic carbocycles. The Morgan fingerprint density at radius 2 is 2.11 bits per heavy atom. The Kier molecular flexibility index (Phi) is 7.24. The van der Waals surface area contributed by atoms with E-state index < -0.39 is 0 Å². The second kappa shape index (κ2) is 8.79. The van der Waals surface area contributed by atoms with E-state index in [4.69, 9.17) is 32.2 Å². The van der Waals surface area contributed by atoms with Gasteiger partial charge in [-0.25, -0.2) is 4.98 Å². The summed E-state index contributed by atoms with van der Waals surface area (Å²) in [6, 6.07) is 5.34. The molecule has 0 atom stereocenters. The van der Waals surface area contributed by atoms with Gasteiger partial charge in [0, 0.05) is 26.2 Å². The van der Waals surface area contributed by atoms with Crippen molar-refractivity contribution >= 4 is 17.2 Å². The van der Waals surface area contributed by atoms with Crippen LogP contribution < -0.4 is 10.5 Å². The van der Waals surface area contributed by atoms with E-state index >= 15 is 0 Å². The molecule has 0 spiro atoms. The fourth-order valence-corrected chi connectivity index (χ4v) is 1.33. The quantitative estimate of drug-likeness (QED) is 0.536. The number of hydrogen-bond donors (Lipinski definition) is 1. The maximum Gasteiger partial charge on any atom is 0.213 e. The summed E-state index contributed by atoms with van der Waals surface area (Å²) in [6.07, 6.45) is 0.794. The van der Waals surface area contributed by atoms with Crippen LogP contribution in [0.4, 0.5) is 0 Å². The number of nitrogens with two attached hydrogens (primary N) is 1. The molecule has 0 saturated heterocycles. The zero-order valence-corrected chi connectivity index (χ0v) is 11.2. The summed E-state index contributed by atoms with van der Waals surface area (Å²) in [6.45, 7) is 2.39. The Hall–Kier alpha value is -1.24. The van der Waals surface area contributed by atoms with Crippen LogP contribution in [0.3, 0.4) is 0 Å². The first kappa shape index (κ1) is 14.8. The minimum absolute atomic E-state index is 0.267. The van der Waals surface area contributed by atoms with Gasteiger partial charge in [0.05, 0.1) is 19.8 Å². The highest BCUT2D eigenvalue weighted by atomic mass is 32.1. The van der Waals surface area contributed by atoms with E-state index in [2.05, 4.69) is 4.98 Å². The summed E-state index contributed by atoms with van der Waals surface area (Å²) < 4.78 is 15.6. The van der Waals surface area contributed by atoms with Gasteiger partial charge in [0.25, 0.3) is 0 Å². The van der Waals surface area contributed by atoms with E-state index in [1.165, 1.54) is 0 Å². The standard InChI is InChI=1S/C12H18N2O3S/c1-15-8-9-16-6-3-7-17-11-5-2-4-10(14-11)12(13)18/h2,4-5H,3,6-9H2,1H3,(H2,13,18). The smallest absolute Gasteiger partial charge is 0.213 e. The highest BCUT2D eigenvalue weighted by Crippen LogP contribution is 2.07. The molecule has 0 bridgehead atoms. The van der Waals surface area contributed by atoms with Gasteiger partial charge in [-0.2, -0.15) is 0 Å². The summed E-state index contributed by atoms with van der Waals surface area (Å²) >= 11 is 4.84. The molecule has 0 radical (unpaired) electrons. The van der Waals surface area contributed by atoms with Crippen molar-refractivity contribution in [3.63, 3.8) is 0 Å². The molecule has 5 nitrogen and oxygen atoms in total. The van der Waals surface area contributed by atoms with Crippen molar-refractivity contribution in [1.29, 1.82) is 0 Å². The van der Waals surface area contributed by atoms with Gasteiger partial charge in [-0.1, -0.05) is 18.3 Å². The SMILES string of the molecule is COCCOCCCOc1cccc(C(N)=S)n1. The molecular weight excluding hydrogens is 252 g/mol. The van der Waals surface area contributed by atoms with E-state index in [-0.39, 0.29) is 4.99 Å². The second-order valence-corrected chi connectivity index (χ2v) is 3.97. The summed E-state index contributed by atoms with van der Waals surface area (Å²) in [5.74, 6) is 0.525. The van der Waals surface area contributed by atoms with Crippen LogP contribution in [-0.2, 0) is 9.47 Å². The third-order valence-electron chi connectivity index (χ3n) is 2.09. The average Bonchev–Trinajstić information content (AvgIpc) is 2.38. The molecule has 1 rings (SSSR count). The Balaban J connectivity index is 2.19. The fourth-order valence-electron chi connectivity index (χ4n) is 1.21. The fraction of sp³-hybridized carbons (Fsp3) is 0.500. The Labute approximate surface area is 112 Å². The third kappa shape index (κ3) is 5.90. The predicted molar refractivity (Wildman–Crippen MR) is 72.9 cm³/mol. The number of nitrogens with zero attached hydrogens (tertiary/aromatic N) is 1. The van der Waals surface area contributed by atoms with Crippen LogP contribution in [0.15, 0.2) is 18.2 Å². The Morgan fingerprint density at radius 1 is 1.28 bits per heavy atom. The predicted octanol–water partition coefficient (Wildman–Crippen LogP) is 1.15. The molecule has 1 heterocycles. The summed E-state index contributed by atoms with van der Waals surface area (Å²) in [5, 5.41) is 0. The van der Waals surface area contributed by atoms with Crippen LogP contribution in [-0.4, -0.2) is 43.5 Å². The molecule has 0 aromatic carbocycles. The van der Waals surface area contributed by atoms with Gasteiger partial charge in [-0.15, -0.1) is 0 Å². The minimum Gasteiger partial charge on any atom is -0.478 e. The van der Waals surface area contributed by atoms with E-state index in [0.29, 0.717) is 38.0 Å². The van der Waals surface area contributed by atoms with Crippen LogP contribution in [0.5, 0.6) is 5.88 Å². The summed E-state index contributed by atoms with van der Waals surface area (Å²) in [5.41, 5.74) is 6.06. The zero-order valence-electron chi connectivity index (χ0n) is 10.4. The van der Waals surface area contributed by atoms with E-state index in [9.17, 15) is 0 Å². The number of methoxy groups -OCH3 is 1. The molecule has 6 heteroatoms. The van der Waals surface area contributed by atoms with Crippen molar-refractivity contribution in [2.75, 3.05) is 33.5 Å². The van der Waals surface area contributed by atoms with Crippen molar-refractivity contribution < 1.29 is 14.2 Å². The maximum atomic E-state index is 5.49. The van der Waals surface area contributed by atoms with Gasteiger partial charge in [-0.3, -0.25) is 0 Å². The number of thiocarbonyl (C=S) groups is 1. The summed E-state index contributed by atoms with van der Waals surface area (Å²) in [4.78, 5) is 4.44. The van der Waals surface area contributed by atoms with Crippen LogP contribution in [0.25, 0.3) is 0 Å². The normalized spacial score (nSPS) is 10.3. The van der Waals surface area contributed by atoms with Gasteiger partial charge in [0.15, 0.2) is 0 Å². The molecule has 0 fully saturated rings. The lowest BCUT2D eigenvalue weighted by Gasteiger charge is -2.07. The molecule has 1 aromatic heterocycles. The lowest BCUT2D eigenvalue weighted by Crippen LogP contribution is -2.12. The summed E-state index contributed by atoms with van der Waals surface area (Å²) in [7, 11) is 1.65. The number of aromatic nitrogens is 1. The molecule has 18 heavy (non-hydrogen) atoms. The maximum absolute atomic E-state index is 5.49. The average molecular weight is 270 g/mol. The molecule has 2 N–H and O–H groups in total. The van der Waals surface area contributed by atoms with Gasteiger partial charge in [-0.05, 0) is 6.07 Å². The molecule has 0 aliphatic rings. The molecule has 100 valence electrons. The molecule has 0 saturated carbocycles. The van der Waals surface area contributed by atoms with Crippen molar-refractivity contribution in [3.8, 4) is 5.88 Å². The zero-order chi connectivity index (χ0) is 13.2. The van der Waals surface area contributed by atoms with Gasteiger partial charge >= 0.3 is 0 Å². The van der Waals surface area contributed by atoms with Crippen molar-refractivity contribution in [3.05, 3.63) is 23.9 Å². The minimum atomic E-state index is 0.267. The third-order valence-corrected chi connectivity index (χ3v) is 2.30. The Bertz CT molecular complexity index is 374. The largest absolute Gasteiger partial charge is 0.478 e. The van der Waals surface area contributed by atoms with E-state index in [1.54, 1.807) is 19.2 Å². The highest BCUT2D eigenvalue weighted by molar-refractivity contribution is 7.80. The monoisotopic (exact) mass is 270 g/mol. The number of pyridine rings is 1. The number of ether oxygens (including phenoxy) is 3. The van der Waals surface area contributed by atoms with Crippen LogP contribution in [0.2, 0.25) is 0 Å². The number of hydrogen-bond acceptors (Lipinski definition) is 5. The molecule has 0 amide bonds. The Morgan fingerprint density at radius 3 is 2.83 bits per heavy atom. The van der Waals surface area contributed by atoms with Crippen molar-refractivity contribution in [2.24, 2.45) is 5.73 Å². The molecular formula is C12H18N2O3S. The highest BCUT2D eigenvalue weighted by Gasteiger charge is 2.00. The first-order valence-electron chi connectivity index (χ1n) is 5.70. The van der Waals surface area contributed by atoms with Crippen molar-refractivity contribution in [2.45, 2.75) is 6.42 Å². The van der Waals surface area contributed by atoms with E-state index in [1.807, 2.05) is 6.07 Å². The van der Waals surface area contributed by atoms with Gasteiger partial charge in [0.2, 0.25) is 5.88 Å². The first-order chi connectivity index (χ1) is 8.74. The van der Waals surface area contributed by atoms with Gasteiger partial charge in [0.1, 0.15) is 10.7 Å². The van der Waals surface area contributed by atoms with Crippen LogP contribution >= 0.6 is 12.2 Å². The van der Waals surface area contributed by atoms with E-state index in [0.717, 1.165) is 6.42 Å². The number of rotatable bonds is 9. The lowest BCUT2D eigenvalue weighted by atomic mass is 10.3. The lowest BCUT2D eigenvalue weighted by molar-refractivity contribution is 0.0642. The topological polar surface area (TPSA) is 66.6 Å². The van der Waals surface area contributed by atoms with Crippen LogP contribution in [0.1, 0.15) is 12.1 Å². The van der Waals surface area contributed by atoms with Gasteiger partial charge < -0.3 is 19.9 Å². The van der Waals surface area contributed by atoms with Crippen molar-refractivity contribution in [1.82, 2.24) is 4.98 Å². The second-order valence-electron chi connectivity index (χ2n) is 3.53. The first-order valence-corrected chi connectivity index (χ1v) is 6.11. The molecule has 1 aromatic rings. The molecule has 0 unspecified atom stereocenters. The van der Waals surface area contributed by atoms with Crippen LogP contribution in [0, 0.1) is 0 Å².